The molecule has 0 aliphatic carbocycles. The average Bonchev–Trinajstić information content (AvgIpc) is 2.79. The summed E-state index contributed by atoms with van der Waals surface area (Å²) in [6.45, 7) is 9.46. The van der Waals surface area contributed by atoms with E-state index in [1.54, 1.807) is 0 Å². The summed E-state index contributed by atoms with van der Waals surface area (Å²) in [4.78, 5) is 5.84. The minimum atomic E-state index is -0.408. The Labute approximate surface area is 127 Å². The molecule has 21 heavy (non-hydrogen) atoms. The number of aromatic nitrogens is 1. The van der Waals surface area contributed by atoms with Crippen LogP contribution in [0.25, 0.3) is 10.9 Å². The van der Waals surface area contributed by atoms with Gasteiger partial charge in [0.1, 0.15) is 0 Å². The maximum absolute atomic E-state index is 10.7. The maximum atomic E-state index is 10.7. The summed E-state index contributed by atoms with van der Waals surface area (Å²) < 4.78 is 0. The minimum Gasteiger partial charge on any atom is -0.387 e. The van der Waals surface area contributed by atoms with Gasteiger partial charge in [0, 0.05) is 28.7 Å². The summed E-state index contributed by atoms with van der Waals surface area (Å²) in [7, 11) is 0. The molecule has 1 aromatic heterocycles. The minimum absolute atomic E-state index is 0.408. The largest absolute Gasteiger partial charge is 0.387 e. The molecule has 1 fully saturated rings. The number of aliphatic hydroxyl groups excluding tert-OH is 1. The molecule has 0 amide bonds. The van der Waals surface area contributed by atoms with E-state index < -0.39 is 6.10 Å². The van der Waals surface area contributed by atoms with Gasteiger partial charge in [0.2, 0.25) is 0 Å². The van der Waals surface area contributed by atoms with Crippen molar-refractivity contribution in [1.29, 1.82) is 0 Å². The van der Waals surface area contributed by atoms with Gasteiger partial charge in [0.05, 0.1) is 6.10 Å². The first-order valence-electron chi connectivity index (χ1n) is 8.04. The molecule has 1 atom stereocenters. The highest BCUT2D eigenvalue weighted by Crippen LogP contribution is 2.30. The van der Waals surface area contributed by atoms with E-state index in [2.05, 4.69) is 48.9 Å². The van der Waals surface area contributed by atoms with E-state index in [4.69, 9.17) is 0 Å². The van der Waals surface area contributed by atoms with Crippen LogP contribution in [0.1, 0.15) is 42.7 Å². The zero-order chi connectivity index (χ0) is 15.0. The molecule has 1 aliphatic rings. The molecule has 1 aliphatic heterocycles. The third-order valence-corrected chi connectivity index (χ3v) is 4.92. The number of aryl methyl sites for hydroxylation is 2. The predicted molar refractivity (Wildman–Crippen MR) is 87.6 cm³/mol. The van der Waals surface area contributed by atoms with E-state index in [0.29, 0.717) is 0 Å². The monoisotopic (exact) mass is 286 g/mol. The smallest absolute Gasteiger partial charge is 0.0940 e. The van der Waals surface area contributed by atoms with Crippen molar-refractivity contribution in [2.24, 2.45) is 5.92 Å². The van der Waals surface area contributed by atoms with E-state index in [1.807, 2.05) is 0 Å². The number of piperidine rings is 1. The Morgan fingerprint density at radius 1 is 1.29 bits per heavy atom. The number of H-pyrrole nitrogens is 1. The molecule has 2 aromatic rings. The van der Waals surface area contributed by atoms with Crippen LogP contribution in [0.4, 0.5) is 0 Å². The van der Waals surface area contributed by atoms with Crippen LogP contribution in [-0.4, -0.2) is 34.6 Å². The lowest BCUT2D eigenvalue weighted by atomic mass is 9.98. The van der Waals surface area contributed by atoms with Crippen LogP contribution in [0.3, 0.4) is 0 Å². The second kappa shape index (κ2) is 5.82. The van der Waals surface area contributed by atoms with Crippen LogP contribution in [0.15, 0.2) is 18.2 Å². The molecular formula is C18H26N2O. The van der Waals surface area contributed by atoms with Crippen molar-refractivity contribution in [3.63, 3.8) is 0 Å². The van der Waals surface area contributed by atoms with Crippen molar-refractivity contribution in [2.75, 3.05) is 19.6 Å². The van der Waals surface area contributed by atoms with Crippen molar-refractivity contribution in [2.45, 2.75) is 39.7 Å². The lowest BCUT2D eigenvalue weighted by Crippen LogP contribution is -2.36. The zero-order valence-corrected chi connectivity index (χ0v) is 13.3. The average molecular weight is 286 g/mol. The molecule has 2 N–H and O–H groups in total. The molecule has 114 valence electrons. The fourth-order valence-corrected chi connectivity index (χ4v) is 3.52. The standard InChI is InChI=1S/C18H26N2O/c1-12-7-9-20(10-8-12)11-16(21)17-14(3)19-18-13(2)5-4-6-15(17)18/h4-6,12,16,19,21H,7-11H2,1-3H3/t16-/m1/s1. The van der Waals surface area contributed by atoms with Gasteiger partial charge in [-0.3, -0.25) is 0 Å². The summed E-state index contributed by atoms with van der Waals surface area (Å²) in [5, 5.41) is 11.9. The topological polar surface area (TPSA) is 39.3 Å². The molecular weight excluding hydrogens is 260 g/mol. The fourth-order valence-electron chi connectivity index (χ4n) is 3.52. The summed E-state index contributed by atoms with van der Waals surface area (Å²) in [5.41, 5.74) is 4.57. The van der Waals surface area contributed by atoms with Crippen LogP contribution < -0.4 is 0 Å². The van der Waals surface area contributed by atoms with Crippen molar-refractivity contribution < 1.29 is 5.11 Å². The van der Waals surface area contributed by atoms with Crippen LogP contribution >= 0.6 is 0 Å². The first kappa shape index (κ1) is 14.6. The van der Waals surface area contributed by atoms with Crippen molar-refractivity contribution >= 4 is 10.9 Å². The van der Waals surface area contributed by atoms with Gasteiger partial charge in [0.25, 0.3) is 0 Å². The highest BCUT2D eigenvalue weighted by molar-refractivity contribution is 5.87. The number of nitrogens with zero attached hydrogens (tertiary/aromatic N) is 1. The number of fused-ring (bicyclic) bond motifs is 1. The number of nitrogens with one attached hydrogen (secondary N) is 1. The van der Waals surface area contributed by atoms with Crippen LogP contribution in [0, 0.1) is 19.8 Å². The van der Waals surface area contributed by atoms with Crippen LogP contribution in [0.5, 0.6) is 0 Å². The number of rotatable bonds is 3. The van der Waals surface area contributed by atoms with Gasteiger partial charge in [0.15, 0.2) is 0 Å². The van der Waals surface area contributed by atoms with Gasteiger partial charge in [-0.1, -0.05) is 25.1 Å². The molecule has 0 unspecified atom stereocenters. The Kier molecular flexibility index (Phi) is 4.05. The van der Waals surface area contributed by atoms with E-state index >= 15 is 0 Å². The SMILES string of the molecule is Cc1[nH]c2c(C)cccc2c1[C@H](O)CN1CCC(C)CC1. The Bertz CT molecular complexity index is 623. The first-order valence-corrected chi connectivity index (χ1v) is 8.04. The number of aliphatic hydroxyl groups is 1. The summed E-state index contributed by atoms with van der Waals surface area (Å²) in [6.07, 6.45) is 2.09. The molecule has 1 saturated heterocycles. The number of para-hydroxylation sites is 1. The van der Waals surface area contributed by atoms with Crippen molar-refractivity contribution in [3.05, 3.63) is 35.0 Å². The molecule has 3 rings (SSSR count). The van der Waals surface area contributed by atoms with E-state index in [1.165, 1.54) is 23.8 Å². The molecule has 3 heteroatoms. The fraction of sp³-hybridized carbons (Fsp3) is 0.556. The van der Waals surface area contributed by atoms with E-state index in [9.17, 15) is 5.11 Å². The molecule has 2 heterocycles. The van der Waals surface area contributed by atoms with E-state index in [0.717, 1.165) is 42.3 Å². The van der Waals surface area contributed by atoms with Gasteiger partial charge in [-0.2, -0.15) is 0 Å². The molecule has 3 nitrogen and oxygen atoms in total. The van der Waals surface area contributed by atoms with E-state index in [-0.39, 0.29) is 0 Å². The number of aromatic amines is 1. The van der Waals surface area contributed by atoms with Crippen molar-refractivity contribution in [1.82, 2.24) is 9.88 Å². The third kappa shape index (κ3) is 2.85. The molecule has 1 aromatic carbocycles. The molecule has 0 spiro atoms. The second-order valence-corrected chi connectivity index (χ2v) is 6.66. The number of β-amino-alcohol motifs (C(OH)–C–C–N with tert-alkyl or cyclic N) is 1. The third-order valence-electron chi connectivity index (χ3n) is 4.92. The molecule has 0 saturated carbocycles. The van der Waals surface area contributed by atoms with Crippen LogP contribution in [0.2, 0.25) is 0 Å². The van der Waals surface area contributed by atoms with Crippen LogP contribution in [-0.2, 0) is 0 Å². The lowest BCUT2D eigenvalue weighted by Gasteiger charge is -2.31. The Morgan fingerprint density at radius 2 is 2.00 bits per heavy atom. The number of benzene rings is 1. The Balaban J connectivity index is 1.83. The van der Waals surface area contributed by atoms with Gasteiger partial charge in [-0.15, -0.1) is 0 Å². The Hall–Kier alpha value is -1.32. The van der Waals surface area contributed by atoms with Crippen molar-refractivity contribution in [3.8, 4) is 0 Å². The summed E-state index contributed by atoms with van der Waals surface area (Å²) in [5.74, 6) is 0.830. The van der Waals surface area contributed by atoms with Gasteiger partial charge >= 0.3 is 0 Å². The maximum Gasteiger partial charge on any atom is 0.0940 e. The lowest BCUT2D eigenvalue weighted by molar-refractivity contribution is 0.0921. The zero-order valence-electron chi connectivity index (χ0n) is 13.3. The van der Waals surface area contributed by atoms with Gasteiger partial charge < -0.3 is 15.0 Å². The molecule has 0 radical (unpaired) electrons. The normalized spacial score (nSPS) is 19.2. The van der Waals surface area contributed by atoms with Gasteiger partial charge in [-0.25, -0.2) is 0 Å². The predicted octanol–water partition coefficient (Wildman–Crippen LogP) is 3.55. The number of hydrogen-bond donors (Lipinski definition) is 2. The Morgan fingerprint density at radius 3 is 2.71 bits per heavy atom. The quantitative estimate of drug-likeness (QED) is 0.905. The van der Waals surface area contributed by atoms with Gasteiger partial charge in [-0.05, 0) is 51.3 Å². The summed E-state index contributed by atoms with van der Waals surface area (Å²) in [6, 6.07) is 6.30. The summed E-state index contributed by atoms with van der Waals surface area (Å²) >= 11 is 0. The first-order chi connectivity index (χ1) is 10.1. The molecule has 0 bridgehead atoms. The second-order valence-electron chi connectivity index (χ2n) is 6.66. The highest BCUT2D eigenvalue weighted by atomic mass is 16.3. The number of hydrogen-bond acceptors (Lipinski definition) is 2. The highest BCUT2D eigenvalue weighted by Gasteiger charge is 2.22. The number of likely N-dealkylation sites (tertiary alicyclic amines) is 1.